The van der Waals surface area contributed by atoms with Crippen LogP contribution in [0.4, 0.5) is 9.59 Å². The first-order valence-corrected chi connectivity index (χ1v) is 9.79. The second-order valence-electron chi connectivity index (χ2n) is 6.51. The number of amides is 2. The van der Waals surface area contributed by atoms with Gasteiger partial charge >= 0.3 is 12.2 Å². The quantitative estimate of drug-likeness (QED) is 0.566. The molecule has 2 amide bonds. The van der Waals surface area contributed by atoms with Crippen molar-refractivity contribution in [1.29, 1.82) is 0 Å². The number of hydrogen-bond donors (Lipinski definition) is 2. The van der Waals surface area contributed by atoms with Crippen LogP contribution in [0.2, 0.25) is 0 Å². The number of nitrogens with one attached hydrogen (secondary N) is 1. The van der Waals surface area contributed by atoms with Gasteiger partial charge in [0.2, 0.25) is 0 Å². The molecule has 0 fully saturated rings. The van der Waals surface area contributed by atoms with E-state index in [9.17, 15) is 9.59 Å². The number of benzene rings is 2. The Morgan fingerprint density at radius 2 is 1.38 bits per heavy atom. The average Bonchev–Trinajstić information content (AvgIpc) is 2.77. The summed E-state index contributed by atoms with van der Waals surface area (Å²) < 4.78 is 10.6. The van der Waals surface area contributed by atoms with Crippen LogP contribution in [0.1, 0.15) is 24.0 Å². The predicted octanol–water partition coefficient (Wildman–Crippen LogP) is 3.29. The van der Waals surface area contributed by atoms with E-state index in [2.05, 4.69) is 5.32 Å². The number of ether oxygens (including phenoxy) is 2. The molecule has 0 aliphatic heterocycles. The third kappa shape index (κ3) is 9.12. The number of nitrogens with two attached hydrogens (primary N) is 1. The Hall–Kier alpha value is -3.06. The summed E-state index contributed by atoms with van der Waals surface area (Å²) in [4.78, 5) is 25.7. The Morgan fingerprint density at radius 1 is 0.828 bits per heavy atom. The molecule has 0 aliphatic rings. The van der Waals surface area contributed by atoms with Gasteiger partial charge in [-0.05, 0) is 30.5 Å². The molecule has 0 aliphatic carbocycles. The number of hydrogen-bond acceptors (Lipinski definition) is 5. The minimum Gasteiger partial charge on any atom is -0.445 e. The van der Waals surface area contributed by atoms with E-state index in [4.69, 9.17) is 15.2 Å². The van der Waals surface area contributed by atoms with Crippen molar-refractivity contribution in [2.75, 3.05) is 26.2 Å². The minimum absolute atomic E-state index is 0.223. The lowest BCUT2D eigenvalue weighted by Gasteiger charge is -2.22. The van der Waals surface area contributed by atoms with E-state index in [1.54, 1.807) is 4.90 Å². The van der Waals surface area contributed by atoms with E-state index < -0.39 is 6.09 Å². The van der Waals surface area contributed by atoms with Crippen LogP contribution in [0.15, 0.2) is 60.7 Å². The van der Waals surface area contributed by atoms with E-state index in [1.165, 1.54) is 0 Å². The fourth-order valence-corrected chi connectivity index (χ4v) is 2.62. The van der Waals surface area contributed by atoms with Crippen LogP contribution in [-0.2, 0) is 22.7 Å². The van der Waals surface area contributed by atoms with Crippen LogP contribution < -0.4 is 11.1 Å². The maximum absolute atomic E-state index is 12.4. The predicted molar refractivity (Wildman–Crippen MR) is 111 cm³/mol. The Kier molecular flexibility index (Phi) is 10.1. The first kappa shape index (κ1) is 22.2. The summed E-state index contributed by atoms with van der Waals surface area (Å²) in [6, 6.07) is 19.0. The normalized spacial score (nSPS) is 10.2. The molecule has 7 nitrogen and oxygen atoms in total. The molecule has 0 bridgehead atoms. The van der Waals surface area contributed by atoms with Gasteiger partial charge in [0, 0.05) is 19.6 Å². The average molecular weight is 399 g/mol. The van der Waals surface area contributed by atoms with Crippen LogP contribution in [-0.4, -0.2) is 43.3 Å². The van der Waals surface area contributed by atoms with Gasteiger partial charge in [-0.15, -0.1) is 0 Å². The lowest BCUT2D eigenvalue weighted by atomic mass is 10.2. The van der Waals surface area contributed by atoms with E-state index in [0.29, 0.717) is 39.0 Å². The first-order valence-electron chi connectivity index (χ1n) is 9.79. The topological polar surface area (TPSA) is 93.9 Å². The van der Waals surface area contributed by atoms with Crippen LogP contribution >= 0.6 is 0 Å². The number of carbonyl (C=O) groups excluding carboxylic acids is 2. The van der Waals surface area contributed by atoms with Gasteiger partial charge in [0.1, 0.15) is 13.2 Å². The van der Waals surface area contributed by atoms with Crippen LogP contribution in [0.25, 0.3) is 0 Å². The summed E-state index contributed by atoms with van der Waals surface area (Å²) >= 11 is 0. The maximum Gasteiger partial charge on any atom is 0.410 e. The summed E-state index contributed by atoms with van der Waals surface area (Å²) in [5, 5.41) is 2.70. The third-order valence-corrected chi connectivity index (χ3v) is 4.18. The van der Waals surface area contributed by atoms with Gasteiger partial charge in [0.05, 0.1) is 0 Å². The van der Waals surface area contributed by atoms with Crippen LogP contribution in [0.3, 0.4) is 0 Å². The molecule has 0 radical (unpaired) electrons. The highest BCUT2D eigenvalue weighted by molar-refractivity contribution is 5.68. The smallest absolute Gasteiger partial charge is 0.410 e. The molecule has 7 heteroatoms. The molecule has 0 saturated heterocycles. The second-order valence-corrected chi connectivity index (χ2v) is 6.51. The van der Waals surface area contributed by atoms with Gasteiger partial charge in [0.25, 0.3) is 0 Å². The largest absolute Gasteiger partial charge is 0.445 e. The standard InChI is InChI=1S/C22H29N3O4/c23-13-7-15-25(22(27)29-18-20-11-5-2-6-12-20)16-8-14-24-21(26)28-17-19-9-3-1-4-10-19/h1-6,9-12H,7-8,13-18,23H2,(H,24,26). The van der Waals surface area contributed by atoms with Gasteiger partial charge in [-0.3, -0.25) is 0 Å². The van der Waals surface area contributed by atoms with Crippen molar-refractivity contribution in [1.82, 2.24) is 10.2 Å². The molecule has 0 spiro atoms. The van der Waals surface area contributed by atoms with Crippen molar-refractivity contribution < 1.29 is 19.1 Å². The van der Waals surface area contributed by atoms with E-state index >= 15 is 0 Å². The van der Waals surface area contributed by atoms with Crippen molar-refractivity contribution in [3.63, 3.8) is 0 Å². The molecule has 0 saturated carbocycles. The maximum atomic E-state index is 12.4. The number of rotatable bonds is 11. The number of nitrogens with zero attached hydrogens (tertiary/aromatic N) is 1. The summed E-state index contributed by atoms with van der Waals surface area (Å²) in [6.45, 7) is 2.32. The van der Waals surface area contributed by atoms with E-state index in [0.717, 1.165) is 11.1 Å². The van der Waals surface area contributed by atoms with Crippen molar-refractivity contribution in [2.24, 2.45) is 5.73 Å². The highest BCUT2D eigenvalue weighted by Crippen LogP contribution is 2.05. The zero-order valence-electron chi connectivity index (χ0n) is 16.6. The van der Waals surface area contributed by atoms with Crippen molar-refractivity contribution in [3.05, 3.63) is 71.8 Å². The van der Waals surface area contributed by atoms with Gasteiger partial charge < -0.3 is 25.4 Å². The molecule has 156 valence electrons. The summed E-state index contributed by atoms with van der Waals surface area (Å²) in [5.74, 6) is 0. The van der Waals surface area contributed by atoms with Crippen LogP contribution in [0, 0.1) is 0 Å². The molecule has 2 aromatic rings. The SMILES string of the molecule is NCCCN(CCCNC(=O)OCc1ccccc1)C(=O)OCc1ccccc1. The molecule has 2 aromatic carbocycles. The van der Waals surface area contributed by atoms with Gasteiger partial charge in [-0.2, -0.15) is 0 Å². The molecule has 3 N–H and O–H groups in total. The lowest BCUT2D eigenvalue weighted by Crippen LogP contribution is -2.36. The first-order chi connectivity index (χ1) is 14.2. The Labute approximate surface area is 171 Å². The highest BCUT2D eigenvalue weighted by Gasteiger charge is 2.14. The zero-order valence-corrected chi connectivity index (χ0v) is 16.6. The minimum atomic E-state index is -0.478. The van der Waals surface area contributed by atoms with Gasteiger partial charge in [0.15, 0.2) is 0 Å². The molecule has 29 heavy (non-hydrogen) atoms. The fourth-order valence-electron chi connectivity index (χ4n) is 2.62. The molecular weight excluding hydrogens is 370 g/mol. The Balaban J connectivity index is 1.67. The van der Waals surface area contributed by atoms with E-state index in [-0.39, 0.29) is 19.3 Å². The monoisotopic (exact) mass is 399 g/mol. The highest BCUT2D eigenvalue weighted by atomic mass is 16.6. The Morgan fingerprint density at radius 3 is 1.97 bits per heavy atom. The van der Waals surface area contributed by atoms with Crippen LogP contribution in [0.5, 0.6) is 0 Å². The van der Waals surface area contributed by atoms with Crippen molar-refractivity contribution >= 4 is 12.2 Å². The summed E-state index contributed by atoms with van der Waals surface area (Å²) in [6.07, 6.45) is 0.418. The molecule has 0 atom stereocenters. The van der Waals surface area contributed by atoms with Gasteiger partial charge in [-0.25, -0.2) is 9.59 Å². The molecular formula is C22H29N3O4. The number of alkyl carbamates (subject to hydrolysis) is 1. The Bertz CT molecular complexity index is 725. The van der Waals surface area contributed by atoms with E-state index in [1.807, 2.05) is 60.7 Å². The molecule has 0 unspecified atom stereocenters. The lowest BCUT2D eigenvalue weighted by molar-refractivity contribution is 0.0953. The third-order valence-electron chi connectivity index (χ3n) is 4.18. The fraction of sp³-hybridized carbons (Fsp3) is 0.364. The molecule has 0 aromatic heterocycles. The van der Waals surface area contributed by atoms with Gasteiger partial charge in [-0.1, -0.05) is 60.7 Å². The number of carbonyl (C=O) groups is 2. The second kappa shape index (κ2) is 13.2. The zero-order chi connectivity index (χ0) is 20.7. The molecule has 2 rings (SSSR count). The van der Waals surface area contributed by atoms with Crippen molar-refractivity contribution in [2.45, 2.75) is 26.1 Å². The summed E-state index contributed by atoms with van der Waals surface area (Å²) in [7, 11) is 0. The summed E-state index contributed by atoms with van der Waals surface area (Å²) in [5.41, 5.74) is 7.43. The van der Waals surface area contributed by atoms with Crippen molar-refractivity contribution in [3.8, 4) is 0 Å². The molecule has 0 heterocycles.